The Hall–Kier alpha value is -2.39. The van der Waals surface area contributed by atoms with E-state index in [1.165, 1.54) is 35.8 Å². The molecule has 31 heavy (non-hydrogen) atoms. The van der Waals surface area contributed by atoms with Gasteiger partial charge in [0.25, 0.3) is 0 Å². The molecule has 2 aromatic heterocycles. The molecule has 0 spiro atoms. The Morgan fingerprint density at radius 2 is 2.00 bits per heavy atom. The number of nitrogens with one attached hydrogen (secondary N) is 1. The van der Waals surface area contributed by atoms with E-state index in [9.17, 15) is 0 Å². The average molecular weight is 446 g/mol. The van der Waals surface area contributed by atoms with E-state index in [1.54, 1.807) is 7.05 Å². The van der Waals surface area contributed by atoms with Crippen molar-refractivity contribution in [2.75, 3.05) is 18.9 Å². The van der Waals surface area contributed by atoms with E-state index in [2.05, 4.69) is 35.4 Å². The number of hydrazine groups is 1. The van der Waals surface area contributed by atoms with Gasteiger partial charge in [0.1, 0.15) is 11.6 Å². The van der Waals surface area contributed by atoms with Gasteiger partial charge in [-0.2, -0.15) is 4.37 Å². The van der Waals surface area contributed by atoms with E-state index in [-0.39, 0.29) is 12.0 Å². The lowest BCUT2D eigenvalue weighted by Crippen LogP contribution is -2.32. The first-order valence-electron chi connectivity index (χ1n) is 11.1. The smallest absolute Gasteiger partial charge is 0.202 e. The summed E-state index contributed by atoms with van der Waals surface area (Å²) in [7, 11) is 1.77. The molecular formula is C22H35N7OS. The third-order valence-electron chi connectivity index (χ3n) is 5.49. The zero-order chi connectivity index (χ0) is 22.4. The highest BCUT2D eigenvalue weighted by Gasteiger charge is 2.18. The van der Waals surface area contributed by atoms with Crippen LogP contribution in [0.25, 0.3) is 5.70 Å². The van der Waals surface area contributed by atoms with Crippen molar-refractivity contribution in [1.82, 2.24) is 19.4 Å². The third-order valence-corrected chi connectivity index (χ3v) is 6.18. The van der Waals surface area contributed by atoms with Gasteiger partial charge in [-0.1, -0.05) is 27.2 Å². The maximum atomic E-state index is 6.50. The second-order valence-corrected chi connectivity index (χ2v) is 9.06. The molecule has 0 aliphatic heterocycles. The maximum absolute atomic E-state index is 6.50. The lowest BCUT2D eigenvalue weighted by atomic mass is 9.98. The first-order valence-corrected chi connectivity index (χ1v) is 11.9. The fourth-order valence-corrected chi connectivity index (χ4v) is 4.32. The Morgan fingerprint density at radius 1 is 1.26 bits per heavy atom. The molecule has 3 rings (SSSR count). The normalized spacial score (nSPS) is 15.7. The van der Waals surface area contributed by atoms with Gasteiger partial charge in [-0.15, -0.1) is 0 Å². The van der Waals surface area contributed by atoms with E-state index in [0.717, 1.165) is 47.4 Å². The van der Waals surface area contributed by atoms with Gasteiger partial charge < -0.3 is 20.8 Å². The first kappa shape index (κ1) is 23.3. The van der Waals surface area contributed by atoms with Gasteiger partial charge in [0.2, 0.25) is 5.13 Å². The van der Waals surface area contributed by atoms with Gasteiger partial charge in [-0.05, 0) is 44.2 Å². The lowest BCUT2D eigenvalue weighted by Gasteiger charge is -2.24. The molecule has 2 heterocycles. The van der Waals surface area contributed by atoms with Crippen molar-refractivity contribution in [2.45, 2.75) is 71.3 Å². The monoisotopic (exact) mass is 445 g/mol. The second kappa shape index (κ2) is 10.8. The molecule has 170 valence electrons. The van der Waals surface area contributed by atoms with Crippen molar-refractivity contribution in [1.29, 1.82) is 0 Å². The highest BCUT2D eigenvalue weighted by atomic mass is 32.1. The quantitative estimate of drug-likeness (QED) is 0.393. The Labute approximate surface area is 189 Å². The number of nitrogens with zero attached hydrogens (tertiary/aromatic N) is 4. The van der Waals surface area contributed by atoms with Gasteiger partial charge in [0, 0.05) is 24.5 Å². The topological polar surface area (TPSA) is 115 Å². The molecule has 1 fully saturated rings. The van der Waals surface area contributed by atoms with Crippen LogP contribution in [0.2, 0.25) is 0 Å². The fourth-order valence-electron chi connectivity index (χ4n) is 3.62. The summed E-state index contributed by atoms with van der Waals surface area (Å²) in [5.41, 5.74) is 9.38. The van der Waals surface area contributed by atoms with E-state index >= 15 is 0 Å². The molecule has 0 saturated heterocycles. The van der Waals surface area contributed by atoms with Crippen LogP contribution in [-0.2, 0) is 6.42 Å². The van der Waals surface area contributed by atoms with Gasteiger partial charge >= 0.3 is 0 Å². The fraction of sp³-hybridized carbons (Fsp3) is 0.591. The number of aromatic nitrogens is 3. The summed E-state index contributed by atoms with van der Waals surface area (Å²) in [5, 5.41) is 5.54. The van der Waals surface area contributed by atoms with Crippen LogP contribution in [0.1, 0.15) is 76.0 Å². The van der Waals surface area contributed by atoms with Crippen molar-refractivity contribution in [2.24, 2.45) is 11.6 Å². The van der Waals surface area contributed by atoms with Gasteiger partial charge in [-0.25, -0.2) is 15.8 Å². The molecular weight excluding hydrogens is 410 g/mol. The van der Waals surface area contributed by atoms with Gasteiger partial charge in [-0.3, -0.25) is 0 Å². The lowest BCUT2D eigenvalue weighted by molar-refractivity contribution is 0.153. The Bertz CT molecular complexity index is 888. The minimum absolute atomic E-state index is 0.287. The SMILES string of the molecule is CCc1nc(/C(N)=C(\CNc2nc(C(C)C)ns2)N(C)N)ccc1OC1CCCCC1. The van der Waals surface area contributed by atoms with Crippen LogP contribution in [0.15, 0.2) is 17.8 Å². The molecule has 0 bridgehead atoms. The van der Waals surface area contributed by atoms with Crippen LogP contribution in [0, 0.1) is 0 Å². The van der Waals surface area contributed by atoms with E-state index in [0.29, 0.717) is 17.9 Å². The molecule has 8 nitrogen and oxygen atoms in total. The van der Waals surface area contributed by atoms with Crippen molar-refractivity contribution >= 4 is 22.4 Å². The Balaban J connectivity index is 1.77. The highest BCUT2D eigenvalue weighted by Crippen LogP contribution is 2.27. The summed E-state index contributed by atoms with van der Waals surface area (Å²) in [6, 6.07) is 3.90. The number of rotatable bonds is 9. The van der Waals surface area contributed by atoms with Crippen LogP contribution in [0.4, 0.5) is 5.13 Å². The minimum Gasteiger partial charge on any atom is -0.489 e. The van der Waals surface area contributed by atoms with Crippen molar-refractivity contribution in [3.8, 4) is 5.75 Å². The van der Waals surface area contributed by atoms with Crippen LogP contribution >= 0.6 is 11.5 Å². The minimum atomic E-state index is 0.287. The zero-order valence-electron chi connectivity index (χ0n) is 19.0. The number of hydrogen-bond acceptors (Lipinski definition) is 9. The summed E-state index contributed by atoms with van der Waals surface area (Å²) in [4.78, 5) is 9.31. The molecule has 0 aromatic carbocycles. The average Bonchev–Trinajstić information content (AvgIpc) is 3.24. The van der Waals surface area contributed by atoms with E-state index < -0.39 is 0 Å². The Morgan fingerprint density at radius 3 is 2.61 bits per heavy atom. The molecule has 5 N–H and O–H groups in total. The molecule has 1 saturated carbocycles. The molecule has 0 radical (unpaired) electrons. The van der Waals surface area contributed by atoms with E-state index in [4.69, 9.17) is 21.3 Å². The number of nitrogens with two attached hydrogens (primary N) is 2. The maximum Gasteiger partial charge on any atom is 0.202 e. The van der Waals surface area contributed by atoms with Crippen molar-refractivity contribution < 1.29 is 4.74 Å². The molecule has 0 unspecified atom stereocenters. The largest absolute Gasteiger partial charge is 0.489 e. The standard InChI is InChI=1S/C22H35N7OS/c1-5-16-19(30-15-9-7-6-8-10-15)12-11-17(26-16)20(23)18(29(4)24)13-25-22-27-21(14(2)3)28-31-22/h11-12,14-15H,5-10,13,23-24H2,1-4H3,(H,25,27,28)/b20-18-. The molecule has 9 heteroatoms. The van der Waals surface area contributed by atoms with E-state index in [1.807, 2.05) is 12.1 Å². The molecule has 2 aromatic rings. The van der Waals surface area contributed by atoms with Crippen LogP contribution in [0.5, 0.6) is 5.75 Å². The number of anilines is 1. The van der Waals surface area contributed by atoms with Crippen LogP contribution < -0.4 is 21.6 Å². The number of hydrogen-bond donors (Lipinski definition) is 3. The second-order valence-electron chi connectivity index (χ2n) is 8.31. The van der Waals surface area contributed by atoms with Gasteiger partial charge in [0.05, 0.1) is 35.4 Å². The number of likely N-dealkylation sites (N-methyl/N-ethyl adjacent to an activating group) is 1. The molecule has 0 atom stereocenters. The summed E-state index contributed by atoms with van der Waals surface area (Å²) < 4.78 is 10.6. The van der Waals surface area contributed by atoms with Crippen LogP contribution in [-0.4, -0.2) is 39.0 Å². The number of ether oxygens (including phenoxy) is 1. The summed E-state index contributed by atoms with van der Waals surface area (Å²) >= 11 is 1.34. The first-order chi connectivity index (χ1) is 14.9. The zero-order valence-corrected chi connectivity index (χ0v) is 19.8. The van der Waals surface area contributed by atoms with Crippen molar-refractivity contribution in [3.05, 3.63) is 35.0 Å². The summed E-state index contributed by atoms with van der Waals surface area (Å²) in [5.74, 6) is 8.07. The summed E-state index contributed by atoms with van der Waals surface area (Å²) in [6.45, 7) is 6.65. The van der Waals surface area contributed by atoms with Crippen molar-refractivity contribution in [3.63, 3.8) is 0 Å². The Kier molecular flexibility index (Phi) is 8.09. The number of aryl methyl sites for hydroxylation is 1. The third kappa shape index (κ3) is 6.07. The summed E-state index contributed by atoms with van der Waals surface area (Å²) in [6.07, 6.45) is 7.07. The molecule has 1 aliphatic carbocycles. The predicted octanol–water partition coefficient (Wildman–Crippen LogP) is 3.88. The van der Waals surface area contributed by atoms with Gasteiger partial charge in [0.15, 0.2) is 0 Å². The molecule has 0 amide bonds. The number of pyridine rings is 1. The predicted molar refractivity (Wildman–Crippen MR) is 127 cm³/mol. The highest BCUT2D eigenvalue weighted by molar-refractivity contribution is 7.09. The van der Waals surface area contributed by atoms with Crippen LogP contribution in [0.3, 0.4) is 0 Å². The molecule has 1 aliphatic rings.